The number of carbonyl (C=O) groups is 1. The summed E-state index contributed by atoms with van der Waals surface area (Å²) in [7, 11) is 9.76. The predicted octanol–water partition coefficient (Wildman–Crippen LogP) is 2.43. The molecule has 7 heteroatoms. The summed E-state index contributed by atoms with van der Waals surface area (Å²) >= 11 is 1.67. The van der Waals surface area contributed by atoms with E-state index in [-0.39, 0.29) is 11.8 Å². The largest absolute Gasteiger partial charge is 0.496 e. The molecule has 1 amide bonds. The lowest BCUT2D eigenvalue weighted by Gasteiger charge is -2.19. The van der Waals surface area contributed by atoms with Gasteiger partial charge in [-0.15, -0.1) is 11.3 Å². The van der Waals surface area contributed by atoms with Crippen molar-refractivity contribution in [2.45, 2.75) is 25.4 Å². The Labute approximate surface area is 158 Å². The Balaban J connectivity index is 2.05. The molecule has 1 aliphatic heterocycles. The summed E-state index contributed by atoms with van der Waals surface area (Å²) in [4.78, 5) is 22.3. The van der Waals surface area contributed by atoms with E-state index in [1.165, 1.54) is 4.88 Å². The number of aromatic nitrogens is 1. The van der Waals surface area contributed by atoms with Gasteiger partial charge in [0.25, 0.3) is 0 Å². The number of thiazole rings is 1. The van der Waals surface area contributed by atoms with Crippen LogP contribution >= 0.6 is 11.3 Å². The number of carbonyl (C=O) groups excluding carboxylic acids is 1. The number of nitrogens with one attached hydrogen (secondary N) is 1. The summed E-state index contributed by atoms with van der Waals surface area (Å²) < 4.78 is 5.52. The van der Waals surface area contributed by atoms with Gasteiger partial charge in [-0.3, -0.25) is 4.79 Å². The molecule has 2 heterocycles. The Morgan fingerprint density at radius 1 is 1.31 bits per heavy atom. The smallest absolute Gasteiger partial charge is 0.221 e. The molecule has 2 aromatic rings. The third-order valence-corrected chi connectivity index (χ3v) is 5.83. The molecule has 6 nitrogen and oxygen atoms in total. The molecule has 0 aliphatic carbocycles. The van der Waals surface area contributed by atoms with E-state index in [4.69, 9.17) is 9.72 Å². The Bertz CT molecular complexity index is 801. The Morgan fingerprint density at radius 2 is 2.08 bits per heavy atom. The van der Waals surface area contributed by atoms with Crippen LogP contribution in [0.3, 0.4) is 0 Å². The Kier molecular flexibility index (Phi) is 5.48. The van der Waals surface area contributed by atoms with Gasteiger partial charge in [0, 0.05) is 43.4 Å². The number of nitrogens with zero attached hydrogens (tertiary/aromatic N) is 3. The summed E-state index contributed by atoms with van der Waals surface area (Å²) in [5.41, 5.74) is 3.23. The van der Waals surface area contributed by atoms with E-state index in [1.807, 2.05) is 39.2 Å². The molecule has 0 spiro atoms. The zero-order valence-electron chi connectivity index (χ0n) is 16.0. The molecule has 0 bridgehead atoms. The van der Waals surface area contributed by atoms with Gasteiger partial charge in [0.2, 0.25) is 5.91 Å². The molecular formula is C19H26N4O2S. The molecule has 0 radical (unpaired) electrons. The van der Waals surface area contributed by atoms with E-state index in [2.05, 4.69) is 22.3 Å². The normalized spacial score (nSPS) is 16.8. The van der Waals surface area contributed by atoms with Crippen LogP contribution in [-0.4, -0.2) is 51.1 Å². The fourth-order valence-corrected chi connectivity index (χ4v) is 4.35. The molecule has 3 rings (SSSR count). The number of hydrogen-bond donors (Lipinski definition) is 1. The van der Waals surface area contributed by atoms with E-state index < -0.39 is 0 Å². The second kappa shape index (κ2) is 7.63. The van der Waals surface area contributed by atoms with Crippen LogP contribution in [0.15, 0.2) is 18.2 Å². The van der Waals surface area contributed by atoms with Gasteiger partial charge in [-0.05, 0) is 25.7 Å². The van der Waals surface area contributed by atoms with Gasteiger partial charge in [-0.1, -0.05) is 12.1 Å². The van der Waals surface area contributed by atoms with Crippen LogP contribution in [0.1, 0.15) is 34.0 Å². The van der Waals surface area contributed by atoms with Crippen molar-refractivity contribution in [1.29, 1.82) is 0 Å². The molecule has 1 aromatic carbocycles. The van der Waals surface area contributed by atoms with E-state index in [9.17, 15) is 4.79 Å². The summed E-state index contributed by atoms with van der Waals surface area (Å²) in [5, 5.41) is 3.95. The Hall–Kier alpha value is -2.12. The van der Waals surface area contributed by atoms with Crippen molar-refractivity contribution in [3.63, 3.8) is 0 Å². The number of benzene rings is 1. The average molecular weight is 375 g/mol. The van der Waals surface area contributed by atoms with Crippen LogP contribution in [0, 0.1) is 0 Å². The van der Waals surface area contributed by atoms with Crippen LogP contribution < -0.4 is 15.0 Å². The van der Waals surface area contributed by atoms with E-state index in [0.717, 1.165) is 34.2 Å². The number of fused-ring (bicyclic) bond motifs is 1. The SMILES string of the molecule is COc1ccc(C2CC(=O)NCc3nc(N(C)C)sc32)cc1CN(C)C. The maximum atomic E-state index is 12.3. The lowest BCUT2D eigenvalue weighted by Crippen LogP contribution is -2.21. The molecule has 140 valence electrons. The summed E-state index contributed by atoms with van der Waals surface area (Å²) in [6.07, 6.45) is 0.440. The number of hydrogen-bond acceptors (Lipinski definition) is 6. The molecule has 0 saturated carbocycles. The van der Waals surface area contributed by atoms with E-state index in [0.29, 0.717) is 13.0 Å². The van der Waals surface area contributed by atoms with Crippen molar-refractivity contribution in [1.82, 2.24) is 15.2 Å². The van der Waals surface area contributed by atoms with Gasteiger partial charge in [0.1, 0.15) is 5.75 Å². The minimum Gasteiger partial charge on any atom is -0.496 e. The summed E-state index contributed by atoms with van der Waals surface area (Å²) in [6.45, 7) is 1.28. The van der Waals surface area contributed by atoms with Crippen LogP contribution in [0.5, 0.6) is 5.75 Å². The number of rotatable bonds is 5. The fraction of sp³-hybridized carbons (Fsp3) is 0.474. The third-order valence-electron chi connectivity index (χ3n) is 4.45. The van der Waals surface area contributed by atoms with Crippen molar-refractivity contribution in [2.75, 3.05) is 40.2 Å². The first kappa shape index (κ1) is 18.7. The molecule has 1 aromatic heterocycles. The molecule has 1 N–H and O–H groups in total. The van der Waals surface area contributed by atoms with Crippen molar-refractivity contribution in [2.24, 2.45) is 0 Å². The topological polar surface area (TPSA) is 57.7 Å². The maximum absolute atomic E-state index is 12.3. The third kappa shape index (κ3) is 3.83. The fourth-order valence-electron chi connectivity index (χ4n) is 3.22. The number of amides is 1. The average Bonchev–Trinajstić information content (AvgIpc) is 2.95. The number of anilines is 1. The second-order valence-corrected chi connectivity index (χ2v) is 8.05. The van der Waals surface area contributed by atoms with Crippen LogP contribution in [-0.2, 0) is 17.9 Å². The van der Waals surface area contributed by atoms with Crippen LogP contribution in [0.2, 0.25) is 0 Å². The van der Waals surface area contributed by atoms with Crippen molar-refractivity contribution < 1.29 is 9.53 Å². The zero-order chi connectivity index (χ0) is 18.8. The number of ether oxygens (including phenoxy) is 1. The maximum Gasteiger partial charge on any atom is 0.221 e. The summed E-state index contributed by atoms with van der Waals surface area (Å²) in [6, 6.07) is 6.24. The zero-order valence-corrected chi connectivity index (χ0v) is 16.8. The van der Waals surface area contributed by atoms with Gasteiger partial charge >= 0.3 is 0 Å². The Morgan fingerprint density at radius 3 is 2.73 bits per heavy atom. The molecule has 1 atom stereocenters. The quantitative estimate of drug-likeness (QED) is 0.871. The standard InChI is InChI=1S/C19H26N4O2S/c1-22(2)11-13-8-12(6-7-16(13)25-5)14-9-17(24)20-10-15-18(14)26-19(21-15)23(3)4/h6-8,14H,9-11H2,1-5H3,(H,20,24). The van der Waals surface area contributed by atoms with Crippen LogP contribution in [0.25, 0.3) is 0 Å². The van der Waals surface area contributed by atoms with Crippen molar-refractivity contribution in [3.05, 3.63) is 39.9 Å². The molecular weight excluding hydrogens is 348 g/mol. The first-order valence-electron chi connectivity index (χ1n) is 8.64. The first-order chi connectivity index (χ1) is 12.4. The first-order valence-corrected chi connectivity index (χ1v) is 9.45. The highest BCUT2D eigenvalue weighted by Crippen LogP contribution is 2.40. The monoisotopic (exact) mass is 374 g/mol. The van der Waals surface area contributed by atoms with Gasteiger partial charge in [0.05, 0.1) is 19.3 Å². The summed E-state index contributed by atoms with van der Waals surface area (Å²) in [5.74, 6) is 0.959. The van der Waals surface area contributed by atoms with Crippen molar-refractivity contribution in [3.8, 4) is 5.75 Å². The van der Waals surface area contributed by atoms with Crippen LogP contribution in [0.4, 0.5) is 5.13 Å². The molecule has 1 aliphatic rings. The van der Waals surface area contributed by atoms with E-state index in [1.54, 1.807) is 18.4 Å². The van der Waals surface area contributed by atoms with Crippen molar-refractivity contribution >= 4 is 22.4 Å². The lowest BCUT2D eigenvalue weighted by molar-refractivity contribution is -0.121. The van der Waals surface area contributed by atoms with Gasteiger partial charge < -0.3 is 19.9 Å². The lowest BCUT2D eigenvalue weighted by atomic mass is 9.92. The predicted molar refractivity (Wildman–Crippen MR) is 105 cm³/mol. The number of methoxy groups -OCH3 is 1. The molecule has 26 heavy (non-hydrogen) atoms. The van der Waals surface area contributed by atoms with Gasteiger partial charge in [0.15, 0.2) is 5.13 Å². The minimum absolute atomic E-state index is 0.0190. The second-order valence-electron chi connectivity index (χ2n) is 7.04. The highest BCUT2D eigenvalue weighted by Gasteiger charge is 2.29. The molecule has 1 unspecified atom stereocenters. The highest BCUT2D eigenvalue weighted by molar-refractivity contribution is 7.15. The molecule has 0 saturated heterocycles. The van der Waals surface area contributed by atoms with E-state index >= 15 is 0 Å². The minimum atomic E-state index is 0.0190. The highest BCUT2D eigenvalue weighted by atomic mass is 32.1. The van der Waals surface area contributed by atoms with Gasteiger partial charge in [-0.2, -0.15) is 0 Å². The molecule has 0 fully saturated rings. The van der Waals surface area contributed by atoms with Gasteiger partial charge in [-0.25, -0.2) is 4.98 Å².